The highest BCUT2D eigenvalue weighted by atomic mass is 35.5. The lowest BCUT2D eigenvalue weighted by Crippen LogP contribution is -2.37. The molecule has 2 radical (unpaired) electrons. The van der Waals surface area contributed by atoms with Gasteiger partial charge in [0.15, 0.2) is 5.65 Å². The molecule has 0 aliphatic rings. The standard InChI is InChI=1S/C17H17BClN5O2/c1-17(2,3)26-16(25)23(10-11-5-4-6-20-8-11)14-7-13(19)22-15-12(18)9-21-24(14)15/h4-9H,10H2,1-3H3. The fourth-order valence-corrected chi connectivity index (χ4v) is 2.54. The molecule has 26 heavy (non-hydrogen) atoms. The molecule has 0 aliphatic heterocycles. The predicted molar refractivity (Wildman–Crippen MR) is 100 cm³/mol. The molecular weight excluding hydrogens is 352 g/mol. The maximum Gasteiger partial charge on any atom is 0.416 e. The first-order chi connectivity index (χ1) is 12.2. The number of halogens is 1. The summed E-state index contributed by atoms with van der Waals surface area (Å²) in [5.41, 5.74) is 0.884. The third-order valence-electron chi connectivity index (χ3n) is 3.40. The van der Waals surface area contributed by atoms with Crippen molar-refractivity contribution in [2.75, 3.05) is 4.90 Å². The van der Waals surface area contributed by atoms with Gasteiger partial charge >= 0.3 is 6.09 Å². The fourth-order valence-electron chi connectivity index (χ4n) is 2.36. The lowest BCUT2D eigenvalue weighted by atomic mass is 10.0. The number of ether oxygens (including phenoxy) is 1. The first-order valence-electron chi connectivity index (χ1n) is 7.94. The Morgan fingerprint density at radius 3 is 2.81 bits per heavy atom. The van der Waals surface area contributed by atoms with Crippen molar-refractivity contribution in [1.29, 1.82) is 0 Å². The van der Waals surface area contributed by atoms with Gasteiger partial charge in [0.05, 0.1) is 6.54 Å². The molecule has 0 fully saturated rings. The SMILES string of the molecule is [B]c1cnn2c(N(Cc3cccnc3)C(=O)OC(C)(C)C)cc(Cl)nc12. The van der Waals surface area contributed by atoms with Gasteiger partial charge in [-0.05, 0) is 37.9 Å². The first-order valence-corrected chi connectivity index (χ1v) is 8.31. The highest BCUT2D eigenvalue weighted by Crippen LogP contribution is 2.23. The van der Waals surface area contributed by atoms with E-state index in [2.05, 4.69) is 15.1 Å². The van der Waals surface area contributed by atoms with Crippen molar-refractivity contribution >= 4 is 42.5 Å². The van der Waals surface area contributed by atoms with Crippen LogP contribution in [-0.2, 0) is 11.3 Å². The Morgan fingerprint density at radius 1 is 1.38 bits per heavy atom. The van der Waals surface area contributed by atoms with Crippen LogP contribution >= 0.6 is 11.6 Å². The van der Waals surface area contributed by atoms with Crippen LogP contribution in [0.1, 0.15) is 26.3 Å². The van der Waals surface area contributed by atoms with Gasteiger partial charge in [-0.15, -0.1) is 0 Å². The van der Waals surface area contributed by atoms with E-state index in [1.807, 2.05) is 6.07 Å². The molecule has 7 nitrogen and oxygen atoms in total. The van der Waals surface area contributed by atoms with Gasteiger partial charge in [0.2, 0.25) is 0 Å². The molecule has 1 amide bonds. The summed E-state index contributed by atoms with van der Waals surface area (Å²) in [6, 6.07) is 5.20. The van der Waals surface area contributed by atoms with Gasteiger partial charge in [-0.2, -0.15) is 9.61 Å². The average Bonchev–Trinajstić information content (AvgIpc) is 2.92. The quantitative estimate of drug-likeness (QED) is 0.524. The molecule has 132 valence electrons. The highest BCUT2D eigenvalue weighted by Gasteiger charge is 2.26. The molecule has 3 aromatic rings. The Balaban J connectivity index is 2.10. The molecule has 9 heteroatoms. The summed E-state index contributed by atoms with van der Waals surface area (Å²) in [5.74, 6) is 0.398. The second-order valence-electron chi connectivity index (χ2n) is 6.70. The van der Waals surface area contributed by atoms with Crippen LogP contribution in [0.15, 0.2) is 36.8 Å². The molecular formula is C17H17BClN5O2. The predicted octanol–water partition coefficient (Wildman–Crippen LogP) is 2.51. The van der Waals surface area contributed by atoms with Gasteiger partial charge in [0.25, 0.3) is 0 Å². The number of nitrogens with zero attached hydrogens (tertiary/aromatic N) is 5. The fraction of sp³-hybridized carbons (Fsp3) is 0.294. The third-order valence-corrected chi connectivity index (χ3v) is 3.60. The molecule has 3 rings (SSSR count). The topological polar surface area (TPSA) is 72.6 Å². The molecule has 0 N–H and O–H groups in total. The van der Waals surface area contributed by atoms with Gasteiger partial charge in [-0.25, -0.2) is 9.78 Å². The maximum absolute atomic E-state index is 12.9. The zero-order valence-electron chi connectivity index (χ0n) is 14.7. The van der Waals surface area contributed by atoms with Crippen LogP contribution in [0.3, 0.4) is 0 Å². The highest BCUT2D eigenvalue weighted by molar-refractivity contribution is 6.36. The van der Waals surface area contributed by atoms with E-state index in [0.717, 1.165) is 5.56 Å². The number of rotatable bonds is 3. The average molecular weight is 370 g/mol. The molecule has 0 spiro atoms. The van der Waals surface area contributed by atoms with Crippen LogP contribution in [0.25, 0.3) is 5.65 Å². The lowest BCUT2D eigenvalue weighted by molar-refractivity contribution is 0.0575. The largest absolute Gasteiger partial charge is 0.443 e. The second kappa shape index (κ2) is 6.95. The minimum absolute atomic E-state index is 0.194. The monoisotopic (exact) mass is 369 g/mol. The number of anilines is 1. The normalized spacial score (nSPS) is 11.5. The molecule has 0 unspecified atom stereocenters. The number of fused-ring (bicyclic) bond motifs is 1. The molecule has 0 aliphatic carbocycles. The Labute approximate surface area is 157 Å². The van der Waals surface area contributed by atoms with Crippen LogP contribution in [0.2, 0.25) is 5.15 Å². The van der Waals surface area contributed by atoms with E-state index in [-0.39, 0.29) is 11.7 Å². The van der Waals surface area contributed by atoms with Crippen molar-refractivity contribution < 1.29 is 9.53 Å². The van der Waals surface area contributed by atoms with Crippen molar-refractivity contribution in [1.82, 2.24) is 19.6 Å². The summed E-state index contributed by atoms with van der Waals surface area (Å²) in [6.07, 6.45) is 4.25. The molecule has 0 saturated heterocycles. The van der Waals surface area contributed by atoms with Gasteiger partial charge in [-0.1, -0.05) is 17.7 Å². The van der Waals surface area contributed by atoms with E-state index >= 15 is 0 Å². The van der Waals surface area contributed by atoms with E-state index in [1.54, 1.807) is 45.3 Å². The summed E-state index contributed by atoms with van der Waals surface area (Å²) in [5, 5.41) is 4.40. The maximum atomic E-state index is 12.9. The minimum atomic E-state index is -0.663. The summed E-state index contributed by atoms with van der Waals surface area (Å²) in [6.45, 7) is 5.62. The van der Waals surface area contributed by atoms with Gasteiger partial charge in [0, 0.05) is 24.7 Å². The van der Waals surface area contributed by atoms with Crippen molar-refractivity contribution in [3.8, 4) is 0 Å². The molecule has 0 aromatic carbocycles. The van der Waals surface area contributed by atoms with Crippen LogP contribution in [0.5, 0.6) is 0 Å². The summed E-state index contributed by atoms with van der Waals surface area (Å²) in [7, 11) is 5.90. The summed E-state index contributed by atoms with van der Waals surface area (Å²) >= 11 is 6.14. The molecule has 3 heterocycles. The van der Waals surface area contributed by atoms with Gasteiger partial charge in [0.1, 0.15) is 24.4 Å². The van der Waals surface area contributed by atoms with E-state index < -0.39 is 11.7 Å². The van der Waals surface area contributed by atoms with Crippen LogP contribution in [0.4, 0.5) is 10.6 Å². The van der Waals surface area contributed by atoms with Crippen molar-refractivity contribution in [2.45, 2.75) is 32.9 Å². The zero-order chi connectivity index (χ0) is 18.9. The van der Waals surface area contributed by atoms with E-state index in [4.69, 9.17) is 24.2 Å². The third kappa shape index (κ3) is 3.96. The molecule has 0 bridgehead atoms. The first kappa shape index (κ1) is 18.2. The van der Waals surface area contributed by atoms with Crippen LogP contribution in [-0.4, -0.2) is 39.1 Å². The van der Waals surface area contributed by atoms with E-state index in [9.17, 15) is 4.79 Å². The Kier molecular flexibility index (Phi) is 4.87. The lowest BCUT2D eigenvalue weighted by Gasteiger charge is -2.27. The van der Waals surface area contributed by atoms with Crippen molar-refractivity contribution in [3.05, 3.63) is 47.5 Å². The van der Waals surface area contributed by atoms with Gasteiger partial charge in [-0.3, -0.25) is 9.88 Å². The number of pyridine rings is 1. The molecule has 0 saturated carbocycles. The summed E-state index contributed by atoms with van der Waals surface area (Å²) < 4.78 is 7.01. The van der Waals surface area contributed by atoms with Crippen molar-refractivity contribution in [2.24, 2.45) is 0 Å². The van der Waals surface area contributed by atoms with E-state index in [0.29, 0.717) is 16.9 Å². The van der Waals surface area contributed by atoms with Crippen LogP contribution < -0.4 is 10.4 Å². The van der Waals surface area contributed by atoms with Crippen LogP contribution in [0, 0.1) is 0 Å². The second-order valence-corrected chi connectivity index (χ2v) is 7.09. The summed E-state index contributed by atoms with van der Waals surface area (Å²) in [4.78, 5) is 22.6. The molecule has 0 atom stereocenters. The number of hydrogen-bond acceptors (Lipinski definition) is 5. The Bertz CT molecular complexity index is 939. The Morgan fingerprint density at radius 2 is 2.15 bits per heavy atom. The minimum Gasteiger partial charge on any atom is -0.443 e. The Hall–Kier alpha value is -2.61. The number of hydrogen-bond donors (Lipinski definition) is 0. The number of aromatic nitrogens is 4. The molecule has 3 aromatic heterocycles. The zero-order valence-corrected chi connectivity index (χ0v) is 15.4. The number of carbonyl (C=O) groups excluding carboxylic acids is 1. The van der Waals surface area contributed by atoms with Crippen molar-refractivity contribution in [3.63, 3.8) is 0 Å². The smallest absolute Gasteiger partial charge is 0.416 e. The number of amides is 1. The van der Waals surface area contributed by atoms with E-state index in [1.165, 1.54) is 15.6 Å². The number of carbonyl (C=O) groups is 1. The van der Waals surface area contributed by atoms with Gasteiger partial charge < -0.3 is 4.74 Å².